The van der Waals surface area contributed by atoms with E-state index in [0.717, 1.165) is 37.8 Å². The summed E-state index contributed by atoms with van der Waals surface area (Å²) in [6.45, 7) is 5.34. The first-order valence-corrected chi connectivity index (χ1v) is 15.3. The first kappa shape index (κ1) is 32.4. The molecule has 5 rings (SSSR count). The van der Waals surface area contributed by atoms with Crippen molar-refractivity contribution in [1.29, 1.82) is 0 Å². The molecule has 10 nitrogen and oxygen atoms in total. The van der Waals surface area contributed by atoms with E-state index in [1.54, 1.807) is 26.0 Å². The Hall–Kier alpha value is -3.96. The lowest BCUT2D eigenvalue weighted by atomic mass is 9.60. The van der Waals surface area contributed by atoms with E-state index in [9.17, 15) is 39.6 Å². The Bertz CT molecular complexity index is 1580. The van der Waals surface area contributed by atoms with Crippen LogP contribution in [0.3, 0.4) is 0 Å². The molecule has 0 unspecified atom stereocenters. The maximum atomic E-state index is 13.7. The largest absolute Gasteiger partial charge is 0.507 e. The number of aliphatic hydroxyl groups is 3. The van der Waals surface area contributed by atoms with Gasteiger partial charge in [-0.05, 0) is 44.9 Å². The average Bonchev–Trinajstić information content (AvgIpc) is 2.97. The van der Waals surface area contributed by atoms with E-state index in [0.29, 0.717) is 5.57 Å². The number of hydrogen-bond acceptors (Lipinski definition) is 10. The minimum absolute atomic E-state index is 0.0847. The first-order valence-electron chi connectivity index (χ1n) is 15.3. The van der Waals surface area contributed by atoms with Crippen molar-refractivity contribution in [2.75, 3.05) is 0 Å². The highest BCUT2D eigenvalue weighted by Gasteiger charge is 2.62. The number of phenolic OH excluding ortho intramolecular Hbond substituents is 1. The van der Waals surface area contributed by atoms with Crippen LogP contribution in [0.5, 0.6) is 5.75 Å². The molecule has 0 aromatic heterocycles. The number of aliphatic hydroxyl groups excluding tert-OH is 1. The van der Waals surface area contributed by atoms with Crippen molar-refractivity contribution in [3.63, 3.8) is 0 Å². The third-order valence-corrected chi connectivity index (χ3v) is 8.95. The lowest BCUT2D eigenvalue weighted by Gasteiger charge is -2.47. The van der Waals surface area contributed by atoms with Crippen LogP contribution in [0.2, 0.25) is 0 Å². The van der Waals surface area contributed by atoms with Gasteiger partial charge in [0.05, 0.1) is 29.4 Å². The van der Waals surface area contributed by atoms with Crippen LogP contribution >= 0.6 is 0 Å². The zero-order valence-electron chi connectivity index (χ0n) is 25.5. The Morgan fingerprint density at radius 1 is 1.13 bits per heavy atom. The lowest BCUT2D eigenvalue weighted by molar-refractivity contribution is -0.190. The molecule has 1 saturated heterocycles. The van der Waals surface area contributed by atoms with Gasteiger partial charge in [0.25, 0.3) is 0 Å². The van der Waals surface area contributed by atoms with Crippen molar-refractivity contribution in [2.45, 2.75) is 94.9 Å². The molecule has 4 aliphatic rings. The normalized spacial score (nSPS) is 31.2. The van der Waals surface area contributed by atoms with Gasteiger partial charge in [-0.15, -0.1) is 0 Å². The van der Waals surface area contributed by atoms with Gasteiger partial charge in [-0.1, -0.05) is 55.7 Å². The fraction of sp³-hybridized carbons (Fsp3) is 0.429. The lowest BCUT2D eigenvalue weighted by Crippen LogP contribution is -2.64. The van der Waals surface area contributed by atoms with Crippen molar-refractivity contribution in [3.8, 4) is 5.75 Å². The summed E-state index contributed by atoms with van der Waals surface area (Å²) < 4.78 is 11.5. The third kappa shape index (κ3) is 5.56. The molecular formula is C35H38O10. The molecule has 0 bridgehead atoms. The van der Waals surface area contributed by atoms with Crippen LogP contribution in [0.1, 0.15) is 91.7 Å². The van der Waals surface area contributed by atoms with Crippen LogP contribution in [-0.2, 0) is 19.1 Å². The molecule has 0 spiro atoms. The van der Waals surface area contributed by atoms with E-state index in [1.165, 1.54) is 24.3 Å². The number of unbranched alkanes of at least 4 members (excludes halogenated alkanes) is 3. The average molecular weight is 619 g/mol. The van der Waals surface area contributed by atoms with E-state index in [-0.39, 0.29) is 35.1 Å². The van der Waals surface area contributed by atoms with Crippen molar-refractivity contribution >= 4 is 23.3 Å². The van der Waals surface area contributed by atoms with Crippen molar-refractivity contribution in [3.05, 3.63) is 88.1 Å². The van der Waals surface area contributed by atoms with Crippen LogP contribution in [0, 0.1) is 0 Å². The van der Waals surface area contributed by atoms with Gasteiger partial charge in [-0.3, -0.25) is 14.4 Å². The molecule has 10 heteroatoms. The van der Waals surface area contributed by atoms with Gasteiger partial charge < -0.3 is 29.9 Å². The quantitative estimate of drug-likeness (QED) is 0.145. The standard InChI is InChI=1S/C35H38O10/c1-4-5-6-7-8-9-10-11-27(38)45-33-20(3)44-25(17-24(33)36)21-12-13-22-28(30(21)39)31(40)23-14-15-34(42)18-19(2)16-26(37)35(34,43)29(23)32(22)41/h8-16,20,24-25,33,36,39,42-43H,4-7,17-18H2,1-3H3/b9-8+,11-10+/t20-,24-,25-,33+,34+,35+/m0/s1. The van der Waals surface area contributed by atoms with E-state index >= 15 is 0 Å². The molecule has 3 aliphatic carbocycles. The number of phenols is 1. The first-order chi connectivity index (χ1) is 21.3. The number of carbonyl (C=O) groups excluding carboxylic acids is 4. The highest BCUT2D eigenvalue weighted by atomic mass is 16.6. The molecular weight excluding hydrogens is 580 g/mol. The van der Waals surface area contributed by atoms with Crippen molar-refractivity contribution in [2.24, 2.45) is 0 Å². The van der Waals surface area contributed by atoms with E-state index in [4.69, 9.17) is 9.47 Å². The zero-order chi connectivity index (χ0) is 32.7. The molecule has 4 N–H and O–H groups in total. The summed E-state index contributed by atoms with van der Waals surface area (Å²) in [6, 6.07) is 2.66. The number of Topliss-reactive ketones (excluding diaryl/α,β-unsaturated/α-hetero) is 2. The van der Waals surface area contributed by atoms with Gasteiger partial charge >= 0.3 is 5.97 Å². The number of ketones is 3. The summed E-state index contributed by atoms with van der Waals surface area (Å²) in [4.78, 5) is 52.9. The second-order valence-electron chi connectivity index (χ2n) is 12.2. The number of benzene rings is 1. The number of ether oxygens (including phenoxy) is 2. The smallest absolute Gasteiger partial charge is 0.331 e. The van der Waals surface area contributed by atoms with Gasteiger partial charge in [0.2, 0.25) is 0 Å². The van der Waals surface area contributed by atoms with Crippen LogP contribution in [-0.4, -0.2) is 73.3 Å². The van der Waals surface area contributed by atoms with Crippen molar-refractivity contribution in [1.82, 2.24) is 0 Å². The van der Waals surface area contributed by atoms with Gasteiger partial charge in [-0.25, -0.2) is 4.79 Å². The summed E-state index contributed by atoms with van der Waals surface area (Å²) in [6.07, 6.45) is 10.2. The molecule has 0 radical (unpaired) electrons. The number of hydrogen-bond donors (Lipinski definition) is 4. The topological polar surface area (TPSA) is 168 Å². The Balaban J connectivity index is 1.35. The highest BCUT2D eigenvalue weighted by Crippen LogP contribution is 2.50. The third-order valence-electron chi connectivity index (χ3n) is 8.95. The van der Waals surface area contributed by atoms with Gasteiger partial charge in [0, 0.05) is 35.6 Å². The Morgan fingerprint density at radius 2 is 1.89 bits per heavy atom. The van der Waals surface area contributed by atoms with Gasteiger partial charge in [0.15, 0.2) is 29.1 Å². The summed E-state index contributed by atoms with van der Waals surface area (Å²) in [5.74, 6) is -3.79. The summed E-state index contributed by atoms with van der Waals surface area (Å²) in [5.41, 5.74) is -5.58. The SMILES string of the molecule is CCCCC/C=C/C=C/C(=O)O[C@@H]1[C@H](C)O[C@H](c2ccc3c(c2O)C(=O)C2=C(C3=O)[C@]3(O)C(=O)C=C(C)C[C@]3(O)C=C2)C[C@@H]1O. The molecule has 0 amide bonds. The van der Waals surface area contributed by atoms with Gasteiger partial charge in [0.1, 0.15) is 11.4 Å². The number of carbonyl (C=O) groups is 4. The second-order valence-corrected chi connectivity index (χ2v) is 12.2. The maximum absolute atomic E-state index is 13.7. The molecule has 1 aromatic rings. The van der Waals surface area contributed by atoms with E-state index in [1.807, 2.05) is 6.08 Å². The maximum Gasteiger partial charge on any atom is 0.331 e. The predicted octanol–water partition coefficient (Wildman–Crippen LogP) is 3.83. The Kier molecular flexibility index (Phi) is 8.97. The van der Waals surface area contributed by atoms with Crippen LogP contribution in [0.25, 0.3) is 0 Å². The summed E-state index contributed by atoms with van der Waals surface area (Å²) in [7, 11) is 0. The molecule has 1 aromatic carbocycles. The molecule has 1 fully saturated rings. The van der Waals surface area contributed by atoms with Crippen molar-refractivity contribution < 1.29 is 49.1 Å². The van der Waals surface area contributed by atoms with Crippen LogP contribution in [0.15, 0.2) is 71.4 Å². The Morgan fingerprint density at radius 3 is 2.60 bits per heavy atom. The monoisotopic (exact) mass is 618 g/mol. The second kappa shape index (κ2) is 12.4. The molecule has 0 saturated carbocycles. The fourth-order valence-electron chi connectivity index (χ4n) is 6.62. The molecule has 1 aliphatic heterocycles. The fourth-order valence-corrected chi connectivity index (χ4v) is 6.62. The number of esters is 1. The highest BCUT2D eigenvalue weighted by molar-refractivity contribution is 6.32. The van der Waals surface area contributed by atoms with Crippen LogP contribution < -0.4 is 0 Å². The molecule has 6 atom stereocenters. The zero-order valence-corrected chi connectivity index (χ0v) is 25.5. The predicted molar refractivity (Wildman–Crippen MR) is 162 cm³/mol. The van der Waals surface area contributed by atoms with Crippen LogP contribution in [0.4, 0.5) is 0 Å². The summed E-state index contributed by atoms with van der Waals surface area (Å²) >= 11 is 0. The molecule has 45 heavy (non-hydrogen) atoms. The summed E-state index contributed by atoms with van der Waals surface area (Å²) in [5, 5.41) is 45.0. The number of allylic oxidation sites excluding steroid dienone is 5. The van der Waals surface area contributed by atoms with E-state index < -0.39 is 70.3 Å². The molecule has 1 heterocycles. The van der Waals surface area contributed by atoms with E-state index in [2.05, 4.69) is 6.92 Å². The number of fused-ring (bicyclic) bond motifs is 3. The number of rotatable bonds is 8. The number of aromatic hydroxyl groups is 1. The molecule has 238 valence electrons. The Labute approximate surface area is 261 Å². The minimum Gasteiger partial charge on any atom is -0.507 e. The minimum atomic E-state index is -2.67. The van der Waals surface area contributed by atoms with Gasteiger partial charge in [-0.2, -0.15) is 0 Å².